The van der Waals surface area contributed by atoms with E-state index in [1.54, 1.807) is 24.7 Å². The molecule has 1 aromatic carbocycles. The topological polar surface area (TPSA) is 54.5 Å². The van der Waals surface area contributed by atoms with E-state index < -0.39 is 0 Å². The van der Waals surface area contributed by atoms with Crippen molar-refractivity contribution in [3.8, 4) is 22.9 Å². The summed E-state index contributed by atoms with van der Waals surface area (Å²) in [6.07, 6.45) is 5.20. The molecule has 1 radical (unpaired) electrons. The van der Waals surface area contributed by atoms with Gasteiger partial charge in [0.15, 0.2) is 5.82 Å². The Bertz CT molecular complexity index is 548. The number of nitrogens with one attached hydrogen (secondary N) is 1. The molecule has 4 heteroatoms. The molecule has 0 saturated carbocycles. The van der Waals surface area contributed by atoms with E-state index in [1.165, 1.54) is 0 Å². The minimum absolute atomic E-state index is 0.617. The summed E-state index contributed by atoms with van der Waals surface area (Å²) in [5, 5.41) is 0. The maximum absolute atomic E-state index is 4.44. The van der Waals surface area contributed by atoms with Gasteiger partial charge in [0.2, 0.25) is 0 Å². The monoisotopic (exact) mass is 221 g/mol. The van der Waals surface area contributed by atoms with Gasteiger partial charge in [-0.1, -0.05) is 24.3 Å². The van der Waals surface area contributed by atoms with Gasteiger partial charge in [0.05, 0.1) is 0 Å². The minimum atomic E-state index is 0.617. The van der Waals surface area contributed by atoms with Gasteiger partial charge in [-0.2, -0.15) is 0 Å². The Hall–Kier alpha value is -2.49. The highest BCUT2D eigenvalue weighted by atomic mass is 15.0. The Kier molecular flexibility index (Phi) is 2.38. The fourth-order valence-electron chi connectivity index (χ4n) is 1.55. The van der Waals surface area contributed by atoms with Crippen molar-refractivity contribution in [3.63, 3.8) is 0 Å². The molecular weight excluding hydrogens is 212 g/mol. The molecule has 2 aromatic heterocycles. The third kappa shape index (κ3) is 1.92. The Morgan fingerprint density at radius 2 is 1.94 bits per heavy atom. The van der Waals surface area contributed by atoms with Gasteiger partial charge in [-0.25, -0.2) is 15.0 Å². The lowest BCUT2D eigenvalue weighted by atomic mass is 10.2. The van der Waals surface area contributed by atoms with Gasteiger partial charge in [0.25, 0.3) is 0 Å². The molecule has 0 aliphatic rings. The van der Waals surface area contributed by atoms with Crippen LogP contribution < -0.4 is 0 Å². The lowest BCUT2D eigenvalue weighted by molar-refractivity contribution is 1.15. The SMILES string of the molecule is [c]1ccccc1-c1nc(-c2ncccn2)c[nH]1. The lowest BCUT2D eigenvalue weighted by Gasteiger charge is -1.94. The van der Waals surface area contributed by atoms with Crippen LogP contribution in [0.2, 0.25) is 0 Å². The fourth-order valence-corrected chi connectivity index (χ4v) is 1.55. The van der Waals surface area contributed by atoms with Crippen LogP contribution in [-0.4, -0.2) is 19.9 Å². The van der Waals surface area contributed by atoms with E-state index in [9.17, 15) is 0 Å². The molecule has 3 rings (SSSR count). The summed E-state index contributed by atoms with van der Waals surface area (Å²) in [7, 11) is 0. The van der Waals surface area contributed by atoms with Crippen molar-refractivity contribution in [1.82, 2.24) is 19.9 Å². The summed E-state index contributed by atoms with van der Waals surface area (Å²) in [6.45, 7) is 0. The molecule has 17 heavy (non-hydrogen) atoms. The van der Waals surface area contributed by atoms with Crippen LogP contribution in [0.1, 0.15) is 0 Å². The Labute approximate surface area is 98.4 Å². The molecule has 0 unspecified atom stereocenters. The normalized spacial score (nSPS) is 10.4. The maximum atomic E-state index is 4.44. The van der Waals surface area contributed by atoms with Crippen LogP contribution >= 0.6 is 0 Å². The first kappa shape index (κ1) is 9.72. The number of imidazole rings is 1. The molecule has 0 amide bonds. The molecule has 0 aliphatic carbocycles. The van der Waals surface area contributed by atoms with Gasteiger partial charge in [-0.3, -0.25) is 0 Å². The van der Waals surface area contributed by atoms with Crippen LogP contribution in [0, 0.1) is 6.07 Å². The predicted octanol–water partition coefficient (Wildman–Crippen LogP) is 2.33. The Morgan fingerprint density at radius 1 is 1.06 bits per heavy atom. The highest BCUT2D eigenvalue weighted by Crippen LogP contribution is 2.18. The van der Waals surface area contributed by atoms with Crippen molar-refractivity contribution in [2.45, 2.75) is 0 Å². The van der Waals surface area contributed by atoms with E-state index in [0.717, 1.165) is 17.1 Å². The van der Waals surface area contributed by atoms with Gasteiger partial charge in [0.1, 0.15) is 11.5 Å². The van der Waals surface area contributed by atoms with Gasteiger partial charge < -0.3 is 4.98 Å². The number of nitrogens with zero attached hydrogens (tertiary/aromatic N) is 3. The van der Waals surface area contributed by atoms with Crippen LogP contribution in [0.4, 0.5) is 0 Å². The molecule has 0 atom stereocenters. The predicted molar refractivity (Wildman–Crippen MR) is 63.9 cm³/mol. The average molecular weight is 221 g/mol. The van der Waals surface area contributed by atoms with Crippen LogP contribution in [0.15, 0.2) is 48.9 Å². The zero-order chi connectivity index (χ0) is 11.5. The van der Waals surface area contributed by atoms with Crippen LogP contribution in [0.25, 0.3) is 22.9 Å². The van der Waals surface area contributed by atoms with Gasteiger partial charge >= 0.3 is 0 Å². The molecule has 3 aromatic rings. The second kappa shape index (κ2) is 4.17. The molecule has 0 aliphatic heterocycles. The number of hydrogen-bond donors (Lipinski definition) is 1. The Balaban J connectivity index is 1.99. The van der Waals surface area contributed by atoms with Crippen molar-refractivity contribution < 1.29 is 0 Å². The average Bonchev–Trinajstić information content (AvgIpc) is 2.90. The summed E-state index contributed by atoms with van der Waals surface area (Å²) >= 11 is 0. The van der Waals surface area contributed by atoms with E-state index in [0.29, 0.717) is 5.82 Å². The third-order valence-corrected chi connectivity index (χ3v) is 2.34. The number of benzene rings is 1. The molecule has 81 valence electrons. The molecule has 0 fully saturated rings. The van der Waals surface area contributed by atoms with Gasteiger partial charge in [-0.15, -0.1) is 0 Å². The van der Waals surface area contributed by atoms with Crippen molar-refractivity contribution in [1.29, 1.82) is 0 Å². The van der Waals surface area contributed by atoms with Crippen LogP contribution in [0.5, 0.6) is 0 Å². The second-order valence-corrected chi connectivity index (χ2v) is 3.48. The molecular formula is C13H9N4. The van der Waals surface area contributed by atoms with Gasteiger partial charge in [-0.05, 0) is 12.1 Å². The molecule has 0 bridgehead atoms. The molecule has 0 spiro atoms. The highest BCUT2D eigenvalue weighted by Gasteiger charge is 2.06. The first-order valence-corrected chi connectivity index (χ1v) is 5.23. The number of hydrogen-bond acceptors (Lipinski definition) is 3. The van der Waals surface area contributed by atoms with Crippen molar-refractivity contribution >= 4 is 0 Å². The zero-order valence-corrected chi connectivity index (χ0v) is 8.96. The summed E-state index contributed by atoms with van der Waals surface area (Å²) in [5.74, 6) is 1.39. The lowest BCUT2D eigenvalue weighted by Crippen LogP contribution is -1.86. The van der Waals surface area contributed by atoms with Crippen LogP contribution in [0.3, 0.4) is 0 Å². The fraction of sp³-hybridized carbons (Fsp3) is 0. The minimum Gasteiger partial charge on any atom is -0.344 e. The first-order chi connectivity index (χ1) is 8.43. The van der Waals surface area contributed by atoms with E-state index in [2.05, 4.69) is 26.0 Å². The second-order valence-electron chi connectivity index (χ2n) is 3.48. The first-order valence-electron chi connectivity index (χ1n) is 5.23. The summed E-state index contributed by atoms with van der Waals surface area (Å²) in [6, 6.07) is 12.6. The third-order valence-electron chi connectivity index (χ3n) is 2.34. The number of rotatable bonds is 2. The number of aromatic nitrogens is 4. The maximum Gasteiger partial charge on any atom is 0.179 e. The van der Waals surface area contributed by atoms with Crippen molar-refractivity contribution in [2.75, 3.05) is 0 Å². The summed E-state index contributed by atoms with van der Waals surface area (Å²) in [4.78, 5) is 15.8. The molecule has 4 nitrogen and oxygen atoms in total. The molecule has 0 saturated heterocycles. The Morgan fingerprint density at radius 3 is 2.71 bits per heavy atom. The van der Waals surface area contributed by atoms with E-state index in [-0.39, 0.29) is 0 Å². The summed E-state index contributed by atoms with van der Waals surface area (Å²) < 4.78 is 0. The number of H-pyrrole nitrogens is 1. The smallest absolute Gasteiger partial charge is 0.179 e. The molecule has 1 N–H and O–H groups in total. The van der Waals surface area contributed by atoms with E-state index >= 15 is 0 Å². The van der Waals surface area contributed by atoms with E-state index in [4.69, 9.17) is 0 Å². The quantitative estimate of drug-likeness (QED) is 0.722. The summed E-state index contributed by atoms with van der Waals surface area (Å²) in [5.41, 5.74) is 1.66. The zero-order valence-electron chi connectivity index (χ0n) is 8.96. The van der Waals surface area contributed by atoms with Crippen LogP contribution in [-0.2, 0) is 0 Å². The molecule has 2 heterocycles. The van der Waals surface area contributed by atoms with Crippen molar-refractivity contribution in [3.05, 3.63) is 55.0 Å². The highest BCUT2D eigenvalue weighted by molar-refractivity contribution is 5.59. The van der Waals surface area contributed by atoms with Crippen molar-refractivity contribution in [2.24, 2.45) is 0 Å². The van der Waals surface area contributed by atoms with Gasteiger partial charge in [0, 0.05) is 24.2 Å². The largest absolute Gasteiger partial charge is 0.344 e. The number of aromatic amines is 1. The van der Waals surface area contributed by atoms with E-state index in [1.807, 2.05) is 24.3 Å². The standard InChI is InChI=1S/C13H9N4/c1-2-5-10(6-3-1)12-16-9-11(17-12)13-14-7-4-8-15-13/h1-5,7-9H,(H,16,17).